The second-order valence-corrected chi connectivity index (χ2v) is 4.80. The highest BCUT2D eigenvalue weighted by molar-refractivity contribution is 5.56. The number of rotatable bonds is 5. The van der Waals surface area contributed by atoms with Crippen molar-refractivity contribution < 1.29 is 9.53 Å². The molecule has 0 radical (unpaired) electrons. The molecule has 3 heteroatoms. The van der Waals surface area contributed by atoms with Gasteiger partial charge < -0.3 is 14.4 Å². The normalized spacial score (nSPS) is 17.5. The van der Waals surface area contributed by atoms with Crippen LogP contribution in [0.25, 0.3) is 0 Å². The highest BCUT2D eigenvalue weighted by Crippen LogP contribution is 2.30. The Bertz CT molecular complexity index is 386. The second-order valence-electron chi connectivity index (χ2n) is 4.80. The molecule has 18 heavy (non-hydrogen) atoms. The molecule has 3 nitrogen and oxygen atoms in total. The van der Waals surface area contributed by atoms with E-state index in [1.54, 1.807) is 0 Å². The van der Waals surface area contributed by atoms with Gasteiger partial charge in [0.2, 0.25) is 0 Å². The van der Waals surface area contributed by atoms with Crippen LogP contribution in [0, 0.1) is 0 Å². The molecule has 1 saturated heterocycles. The van der Waals surface area contributed by atoms with E-state index in [9.17, 15) is 4.79 Å². The molecule has 2 rings (SSSR count). The lowest BCUT2D eigenvalue weighted by molar-refractivity contribution is -0.108. The standard InChI is InChI=1S/C15H21NO2/c1-13(5-4-10-17)14-6-2-3-7-15(14)16-8-11-18-12-9-16/h2-3,6-7,10,13H,4-5,8-9,11-12H2,1H3. The number of nitrogens with zero attached hydrogens (tertiary/aromatic N) is 1. The summed E-state index contributed by atoms with van der Waals surface area (Å²) in [6.45, 7) is 5.71. The number of hydrogen-bond acceptors (Lipinski definition) is 3. The minimum Gasteiger partial charge on any atom is -0.378 e. The third-order valence-electron chi connectivity index (χ3n) is 3.54. The van der Waals surface area contributed by atoms with Crippen molar-refractivity contribution in [3.8, 4) is 0 Å². The van der Waals surface area contributed by atoms with Gasteiger partial charge in [0, 0.05) is 25.2 Å². The lowest BCUT2D eigenvalue weighted by Gasteiger charge is -2.31. The van der Waals surface area contributed by atoms with Crippen LogP contribution in [-0.2, 0) is 9.53 Å². The zero-order valence-electron chi connectivity index (χ0n) is 11.0. The first kappa shape index (κ1) is 13.1. The molecule has 1 fully saturated rings. The van der Waals surface area contributed by atoms with Crippen LogP contribution in [0.1, 0.15) is 31.2 Å². The van der Waals surface area contributed by atoms with E-state index >= 15 is 0 Å². The Balaban J connectivity index is 2.15. The van der Waals surface area contributed by atoms with Crippen molar-refractivity contribution in [2.75, 3.05) is 31.2 Å². The van der Waals surface area contributed by atoms with Crippen LogP contribution in [-0.4, -0.2) is 32.6 Å². The molecular weight excluding hydrogens is 226 g/mol. The highest BCUT2D eigenvalue weighted by atomic mass is 16.5. The van der Waals surface area contributed by atoms with Crippen LogP contribution in [0.15, 0.2) is 24.3 Å². The SMILES string of the molecule is CC(CCC=O)c1ccccc1N1CCOCC1. The highest BCUT2D eigenvalue weighted by Gasteiger charge is 2.17. The fourth-order valence-corrected chi connectivity index (χ4v) is 2.47. The van der Waals surface area contributed by atoms with Gasteiger partial charge in [0.25, 0.3) is 0 Å². The van der Waals surface area contributed by atoms with Crippen molar-refractivity contribution in [1.29, 1.82) is 0 Å². The molecule has 98 valence electrons. The molecule has 0 spiro atoms. The first-order valence-corrected chi connectivity index (χ1v) is 6.68. The van der Waals surface area contributed by atoms with E-state index in [1.807, 2.05) is 0 Å². The maximum Gasteiger partial charge on any atom is 0.120 e. The largest absolute Gasteiger partial charge is 0.378 e. The van der Waals surface area contributed by atoms with Gasteiger partial charge in [-0.1, -0.05) is 25.1 Å². The van der Waals surface area contributed by atoms with Crippen LogP contribution in [0.3, 0.4) is 0 Å². The van der Waals surface area contributed by atoms with Crippen molar-refractivity contribution in [1.82, 2.24) is 0 Å². The molecule has 0 bridgehead atoms. The van der Waals surface area contributed by atoms with Crippen LogP contribution in [0.5, 0.6) is 0 Å². The Hall–Kier alpha value is -1.35. The summed E-state index contributed by atoms with van der Waals surface area (Å²) < 4.78 is 5.40. The third kappa shape index (κ3) is 3.10. The number of benzene rings is 1. The van der Waals surface area contributed by atoms with Crippen LogP contribution >= 0.6 is 0 Å². The van der Waals surface area contributed by atoms with E-state index < -0.39 is 0 Å². The van der Waals surface area contributed by atoms with Crippen molar-refractivity contribution in [2.24, 2.45) is 0 Å². The molecule has 1 atom stereocenters. The van der Waals surface area contributed by atoms with Gasteiger partial charge in [-0.2, -0.15) is 0 Å². The summed E-state index contributed by atoms with van der Waals surface area (Å²) in [5, 5.41) is 0. The molecule has 0 saturated carbocycles. The Morgan fingerprint density at radius 3 is 2.78 bits per heavy atom. The molecule has 1 heterocycles. The average molecular weight is 247 g/mol. The number of hydrogen-bond donors (Lipinski definition) is 0. The van der Waals surface area contributed by atoms with Gasteiger partial charge in [0.05, 0.1) is 13.2 Å². The lowest BCUT2D eigenvalue weighted by Crippen LogP contribution is -2.36. The molecule has 0 aromatic heterocycles. The Kier molecular flexibility index (Phi) is 4.76. The lowest BCUT2D eigenvalue weighted by atomic mass is 9.94. The van der Waals surface area contributed by atoms with Crippen molar-refractivity contribution in [2.45, 2.75) is 25.7 Å². The maximum atomic E-state index is 10.5. The Labute approximate surface area is 109 Å². The zero-order valence-corrected chi connectivity index (χ0v) is 11.0. The fraction of sp³-hybridized carbons (Fsp3) is 0.533. The Morgan fingerprint density at radius 1 is 1.33 bits per heavy atom. The number of morpholine rings is 1. The van der Waals surface area contributed by atoms with Crippen molar-refractivity contribution in [3.63, 3.8) is 0 Å². The van der Waals surface area contributed by atoms with Crippen molar-refractivity contribution in [3.05, 3.63) is 29.8 Å². The molecule has 0 amide bonds. The van der Waals surface area contributed by atoms with Gasteiger partial charge in [-0.05, 0) is 24.0 Å². The van der Waals surface area contributed by atoms with Gasteiger partial charge in [0.15, 0.2) is 0 Å². The molecular formula is C15H21NO2. The number of carbonyl (C=O) groups is 1. The van der Waals surface area contributed by atoms with Gasteiger partial charge >= 0.3 is 0 Å². The summed E-state index contributed by atoms with van der Waals surface area (Å²) in [6, 6.07) is 8.52. The first-order chi connectivity index (χ1) is 8.83. The molecule has 0 N–H and O–H groups in total. The third-order valence-corrected chi connectivity index (χ3v) is 3.54. The summed E-state index contributed by atoms with van der Waals surface area (Å²) in [7, 11) is 0. The number of carbonyl (C=O) groups excluding carboxylic acids is 1. The molecule has 1 aliphatic heterocycles. The van der Waals surface area contributed by atoms with Gasteiger partial charge in [-0.25, -0.2) is 0 Å². The average Bonchev–Trinajstić information content (AvgIpc) is 2.45. The van der Waals surface area contributed by atoms with E-state index in [4.69, 9.17) is 4.74 Å². The maximum absolute atomic E-state index is 10.5. The number of aldehydes is 1. The summed E-state index contributed by atoms with van der Waals surface area (Å²) in [4.78, 5) is 12.9. The quantitative estimate of drug-likeness (QED) is 0.749. The number of para-hydroxylation sites is 1. The summed E-state index contributed by atoms with van der Waals surface area (Å²) >= 11 is 0. The predicted molar refractivity (Wildman–Crippen MR) is 73.2 cm³/mol. The van der Waals surface area contributed by atoms with E-state index in [-0.39, 0.29) is 0 Å². The number of ether oxygens (including phenoxy) is 1. The van der Waals surface area contributed by atoms with Crippen LogP contribution < -0.4 is 4.90 Å². The summed E-state index contributed by atoms with van der Waals surface area (Å²) in [5.41, 5.74) is 2.65. The monoisotopic (exact) mass is 247 g/mol. The van der Waals surface area contributed by atoms with E-state index in [0.29, 0.717) is 12.3 Å². The number of anilines is 1. The minimum atomic E-state index is 0.425. The zero-order chi connectivity index (χ0) is 12.8. The van der Waals surface area contributed by atoms with Gasteiger partial charge in [-0.15, -0.1) is 0 Å². The van der Waals surface area contributed by atoms with Gasteiger partial charge in [0.1, 0.15) is 6.29 Å². The summed E-state index contributed by atoms with van der Waals surface area (Å²) in [5.74, 6) is 0.425. The van der Waals surface area contributed by atoms with Gasteiger partial charge in [-0.3, -0.25) is 0 Å². The van der Waals surface area contributed by atoms with E-state index in [1.165, 1.54) is 11.3 Å². The van der Waals surface area contributed by atoms with E-state index in [0.717, 1.165) is 39.0 Å². The second kappa shape index (κ2) is 6.55. The fourth-order valence-electron chi connectivity index (χ4n) is 2.47. The molecule has 0 aliphatic carbocycles. The summed E-state index contributed by atoms with van der Waals surface area (Å²) in [6.07, 6.45) is 2.57. The molecule has 1 aromatic rings. The van der Waals surface area contributed by atoms with Crippen LogP contribution in [0.4, 0.5) is 5.69 Å². The van der Waals surface area contributed by atoms with Crippen LogP contribution in [0.2, 0.25) is 0 Å². The first-order valence-electron chi connectivity index (χ1n) is 6.68. The molecule has 1 aromatic carbocycles. The Morgan fingerprint density at radius 2 is 2.06 bits per heavy atom. The molecule has 1 aliphatic rings. The van der Waals surface area contributed by atoms with Crippen molar-refractivity contribution >= 4 is 12.0 Å². The topological polar surface area (TPSA) is 29.5 Å². The smallest absolute Gasteiger partial charge is 0.120 e. The van der Waals surface area contributed by atoms with E-state index in [2.05, 4.69) is 36.1 Å². The molecule has 1 unspecified atom stereocenters. The predicted octanol–water partition coefficient (Wildman–Crippen LogP) is 2.61. The minimum absolute atomic E-state index is 0.425.